The first-order chi connectivity index (χ1) is 12.0. The van der Waals surface area contributed by atoms with E-state index in [9.17, 15) is 9.59 Å². The van der Waals surface area contributed by atoms with Crippen LogP contribution in [0.3, 0.4) is 0 Å². The Kier molecular flexibility index (Phi) is 4.65. The van der Waals surface area contributed by atoms with Gasteiger partial charge in [0.15, 0.2) is 0 Å². The second-order valence-corrected chi connectivity index (χ2v) is 9.02. The molecule has 3 N–H and O–H groups in total. The summed E-state index contributed by atoms with van der Waals surface area (Å²) in [6.45, 7) is 4.90. The molecule has 6 nitrogen and oxygen atoms in total. The summed E-state index contributed by atoms with van der Waals surface area (Å²) in [5, 5.41) is 9.57. The Labute approximate surface area is 150 Å². The monoisotopic (exact) mass is 348 g/mol. The third-order valence-electron chi connectivity index (χ3n) is 6.76. The molecule has 4 aliphatic carbocycles. The molecule has 1 heterocycles. The fourth-order valence-electron chi connectivity index (χ4n) is 6.15. The van der Waals surface area contributed by atoms with Crippen LogP contribution in [0.1, 0.15) is 51.9 Å². The van der Waals surface area contributed by atoms with Crippen LogP contribution < -0.4 is 16.0 Å². The molecule has 4 bridgehead atoms. The van der Waals surface area contributed by atoms with E-state index in [1.54, 1.807) is 0 Å². The van der Waals surface area contributed by atoms with E-state index in [4.69, 9.17) is 0 Å². The van der Waals surface area contributed by atoms with Crippen LogP contribution in [0.15, 0.2) is 0 Å². The standard InChI is InChI=1S/C19H32N4O2/c1-13-12-23(5-4-20-13)17(24)2-3-21-18(25)22-19-9-14-6-15(10-19)8-16(7-14)11-19/h13-16,20H,2-12H2,1H3,(H2,21,22,25). The van der Waals surface area contributed by atoms with Crippen molar-refractivity contribution in [3.8, 4) is 0 Å². The van der Waals surface area contributed by atoms with Crippen molar-refractivity contribution in [2.24, 2.45) is 17.8 Å². The average molecular weight is 348 g/mol. The topological polar surface area (TPSA) is 73.5 Å². The van der Waals surface area contributed by atoms with Gasteiger partial charge < -0.3 is 20.9 Å². The normalized spacial score (nSPS) is 39.3. The highest BCUT2D eigenvalue weighted by molar-refractivity contribution is 5.78. The zero-order chi connectivity index (χ0) is 17.4. The first-order valence-corrected chi connectivity index (χ1v) is 10.1. The van der Waals surface area contributed by atoms with Gasteiger partial charge in [0.25, 0.3) is 0 Å². The Morgan fingerprint density at radius 2 is 1.76 bits per heavy atom. The van der Waals surface area contributed by atoms with Crippen molar-refractivity contribution in [2.75, 3.05) is 26.2 Å². The van der Waals surface area contributed by atoms with Crippen LogP contribution in [0, 0.1) is 17.8 Å². The number of amides is 3. The Bertz CT molecular complexity index is 500. The number of nitrogens with one attached hydrogen (secondary N) is 3. The van der Waals surface area contributed by atoms with Gasteiger partial charge in [-0.2, -0.15) is 0 Å². The molecular weight excluding hydrogens is 316 g/mol. The van der Waals surface area contributed by atoms with E-state index in [0.29, 0.717) is 19.0 Å². The predicted octanol–water partition coefficient (Wildman–Crippen LogP) is 1.46. The summed E-state index contributed by atoms with van der Waals surface area (Å²) < 4.78 is 0. The molecule has 6 heteroatoms. The van der Waals surface area contributed by atoms with E-state index in [1.807, 2.05) is 4.90 Å². The van der Waals surface area contributed by atoms with E-state index in [1.165, 1.54) is 19.3 Å². The number of piperazine rings is 1. The number of rotatable bonds is 4. The highest BCUT2D eigenvalue weighted by atomic mass is 16.2. The lowest BCUT2D eigenvalue weighted by Crippen LogP contribution is -2.61. The smallest absolute Gasteiger partial charge is 0.315 e. The molecule has 0 radical (unpaired) electrons. The molecule has 0 aromatic carbocycles. The molecule has 0 spiro atoms. The van der Waals surface area contributed by atoms with Gasteiger partial charge >= 0.3 is 6.03 Å². The maximum Gasteiger partial charge on any atom is 0.315 e. The zero-order valence-corrected chi connectivity index (χ0v) is 15.4. The quantitative estimate of drug-likeness (QED) is 0.720. The molecule has 1 atom stereocenters. The van der Waals surface area contributed by atoms with Gasteiger partial charge in [-0.15, -0.1) is 0 Å². The second-order valence-electron chi connectivity index (χ2n) is 9.02. The summed E-state index contributed by atoms with van der Waals surface area (Å²) in [6.07, 6.45) is 7.99. The average Bonchev–Trinajstić information content (AvgIpc) is 2.52. The summed E-state index contributed by atoms with van der Waals surface area (Å²) in [5.74, 6) is 2.61. The predicted molar refractivity (Wildman–Crippen MR) is 96.1 cm³/mol. The maximum absolute atomic E-state index is 12.4. The minimum atomic E-state index is -0.0802. The SMILES string of the molecule is CC1CN(C(=O)CCNC(=O)NC23CC4CC(CC(C4)C2)C3)CCN1. The van der Waals surface area contributed by atoms with Crippen LogP contribution in [-0.4, -0.2) is 54.6 Å². The van der Waals surface area contributed by atoms with Gasteiger partial charge in [-0.05, 0) is 63.2 Å². The van der Waals surface area contributed by atoms with Crippen LogP contribution in [0.4, 0.5) is 4.79 Å². The first-order valence-electron chi connectivity index (χ1n) is 10.1. The van der Waals surface area contributed by atoms with Gasteiger partial charge in [-0.25, -0.2) is 4.79 Å². The van der Waals surface area contributed by atoms with Gasteiger partial charge in [0.2, 0.25) is 5.91 Å². The van der Waals surface area contributed by atoms with Crippen LogP contribution >= 0.6 is 0 Å². The summed E-state index contributed by atoms with van der Waals surface area (Å²) in [6, 6.07) is 0.272. The van der Waals surface area contributed by atoms with Gasteiger partial charge in [0, 0.05) is 44.2 Å². The summed E-state index contributed by atoms with van der Waals surface area (Å²) in [4.78, 5) is 26.5. The van der Waals surface area contributed by atoms with Gasteiger partial charge in [-0.1, -0.05) is 0 Å². The van der Waals surface area contributed by atoms with Gasteiger partial charge in [-0.3, -0.25) is 4.79 Å². The number of urea groups is 1. The van der Waals surface area contributed by atoms with Crippen LogP contribution in [-0.2, 0) is 4.79 Å². The fraction of sp³-hybridized carbons (Fsp3) is 0.895. The van der Waals surface area contributed by atoms with Gasteiger partial charge in [0.05, 0.1) is 0 Å². The number of hydrogen-bond donors (Lipinski definition) is 3. The number of nitrogens with zero attached hydrogens (tertiary/aromatic N) is 1. The molecule has 3 amide bonds. The van der Waals surface area contributed by atoms with Gasteiger partial charge in [0.1, 0.15) is 0 Å². The van der Waals surface area contributed by atoms with Crippen molar-refractivity contribution in [1.82, 2.24) is 20.9 Å². The third kappa shape index (κ3) is 3.78. The molecule has 5 fully saturated rings. The van der Waals surface area contributed by atoms with Crippen molar-refractivity contribution >= 4 is 11.9 Å². The third-order valence-corrected chi connectivity index (χ3v) is 6.76. The molecule has 5 rings (SSSR count). The maximum atomic E-state index is 12.4. The Morgan fingerprint density at radius 1 is 1.12 bits per heavy atom. The molecule has 0 aromatic rings. The lowest BCUT2D eigenvalue weighted by atomic mass is 9.53. The van der Waals surface area contributed by atoms with Crippen molar-refractivity contribution < 1.29 is 9.59 Å². The Morgan fingerprint density at radius 3 is 2.36 bits per heavy atom. The summed E-state index contributed by atoms with van der Waals surface area (Å²) in [7, 11) is 0. The first kappa shape index (κ1) is 17.1. The highest BCUT2D eigenvalue weighted by Gasteiger charge is 2.51. The molecule has 0 aromatic heterocycles. The molecule has 25 heavy (non-hydrogen) atoms. The molecule has 1 saturated heterocycles. The van der Waals surface area contributed by atoms with Crippen LogP contribution in [0.2, 0.25) is 0 Å². The van der Waals surface area contributed by atoms with Crippen molar-refractivity contribution in [3.63, 3.8) is 0 Å². The Balaban J connectivity index is 1.21. The lowest BCUT2D eigenvalue weighted by Gasteiger charge is -2.56. The summed E-state index contributed by atoms with van der Waals surface area (Å²) >= 11 is 0. The Hall–Kier alpha value is -1.30. The van der Waals surface area contributed by atoms with E-state index in [2.05, 4.69) is 22.9 Å². The van der Waals surface area contributed by atoms with Crippen molar-refractivity contribution in [1.29, 1.82) is 0 Å². The van der Waals surface area contributed by atoms with E-state index in [-0.39, 0.29) is 17.5 Å². The number of carbonyl (C=O) groups excluding carboxylic acids is 2. The fourth-order valence-corrected chi connectivity index (χ4v) is 6.15. The summed E-state index contributed by atoms with van der Waals surface area (Å²) in [5.41, 5.74) is 0.0385. The molecule has 5 aliphatic rings. The minimum Gasteiger partial charge on any atom is -0.340 e. The van der Waals surface area contributed by atoms with Crippen molar-refractivity contribution in [3.05, 3.63) is 0 Å². The number of carbonyl (C=O) groups is 2. The molecule has 1 unspecified atom stereocenters. The number of hydrogen-bond acceptors (Lipinski definition) is 3. The van der Waals surface area contributed by atoms with E-state index < -0.39 is 0 Å². The van der Waals surface area contributed by atoms with E-state index >= 15 is 0 Å². The second kappa shape index (κ2) is 6.78. The molecule has 1 aliphatic heterocycles. The van der Waals surface area contributed by atoms with E-state index in [0.717, 1.165) is 56.7 Å². The molecular formula is C19H32N4O2. The largest absolute Gasteiger partial charge is 0.340 e. The zero-order valence-electron chi connectivity index (χ0n) is 15.4. The van der Waals surface area contributed by atoms with Crippen LogP contribution in [0.25, 0.3) is 0 Å². The minimum absolute atomic E-state index is 0.0385. The van der Waals surface area contributed by atoms with Crippen LogP contribution in [0.5, 0.6) is 0 Å². The lowest BCUT2D eigenvalue weighted by molar-refractivity contribution is -0.132. The highest BCUT2D eigenvalue weighted by Crippen LogP contribution is 2.55. The van der Waals surface area contributed by atoms with Crippen molar-refractivity contribution in [2.45, 2.75) is 63.5 Å². The molecule has 140 valence electrons. The molecule has 4 saturated carbocycles.